The molecular formula is C15H23NO5P-. The van der Waals surface area contributed by atoms with Crippen molar-refractivity contribution in [2.45, 2.75) is 45.4 Å². The van der Waals surface area contributed by atoms with E-state index in [1.807, 2.05) is 35.8 Å². The summed E-state index contributed by atoms with van der Waals surface area (Å²) >= 11 is 0. The summed E-state index contributed by atoms with van der Waals surface area (Å²) in [5.74, 6) is -0.459. The van der Waals surface area contributed by atoms with Gasteiger partial charge in [0.15, 0.2) is 0 Å². The average molecular weight is 328 g/mol. The van der Waals surface area contributed by atoms with Crippen LogP contribution in [-0.4, -0.2) is 12.5 Å². The summed E-state index contributed by atoms with van der Waals surface area (Å²) in [4.78, 5) is 22.9. The van der Waals surface area contributed by atoms with Gasteiger partial charge in [-0.1, -0.05) is 56.5 Å². The molecule has 0 spiro atoms. The Balaban J connectivity index is 2.17. The van der Waals surface area contributed by atoms with Crippen LogP contribution >= 0.6 is 7.82 Å². The molecule has 0 aliphatic heterocycles. The highest BCUT2D eigenvalue weighted by molar-refractivity contribution is 7.45. The Labute approximate surface area is 131 Å². The number of hydrogen-bond donors (Lipinski definition) is 1. The smallest absolute Gasteiger partial charge is 0.290 e. The molecule has 0 aromatic heterocycles. The molecule has 6 nitrogen and oxygen atoms in total. The van der Waals surface area contributed by atoms with Crippen LogP contribution in [0.1, 0.15) is 44.6 Å². The lowest BCUT2D eigenvalue weighted by atomic mass is 10.1. The van der Waals surface area contributed by atoms with Gasteiger partial charge in [-0.15, -0.1) is 0 Å². The van der Waals surface area contributed by atoms with Crippen molar-refractivity contribution < 1.29 is 23.4 Å². The van der Waals surface area contributed by atoms with Crippen LogP contribution in [0.25, 0.3) is 0 Å². The van der Waals surface area contributed by atoms with Crippen molar-refractivity contribution in [2.24, 2.45) is 0 Å². The average Bonchev–Trinajstić information content (AvgIpc) is 2.51. The van der Waals surface area contributed by atoms with E-state index in [0.717, 1.165) is 24.8 Å². The first-order valence-electron chi connectivity index (χ1n) is 7.50. The Morgan fingerprint density at radius 3 is 2.64 bits per heavy atom. The standard InChI is InChI=1S/C15H24NO5P/c1-2-3-4-8-11-15(17)16-21-22(18,19)20-13-12-14-9-6-5-7-10-14/h5-7,9-10H,2-4,8,11-13H2,1H3,(H,16,17)(H,18,19)/p-1. The van der Waals surface area contributed by atoms with Gasteiger partial charge in [-0.05, 0) is 18.4 Å². The number of benzene rings is 1. The highest BCUT2D eigenvalue weighted by Crippen LogP contribution is 2.36. The van der Waals surface area contributed by atoms with Crippen molar-refractivity contribution in [3.8, 4) is 0 Å². The van der Waals surface area contributed by atoms with Crippen LogP contribution < -0.4 is 10.4 Å². The third-order valence-corrected chi connectivity index (χ3v) is 3.83. The number of phosphoric acid groups is 1. The molecule has 1 amide bonds. The van der Waals surface area contributed by atoms with Gasteiger partial charge < -0.3 is 9.42 Å². The van der Waals surface area contributed by atoms with Crippen molar-refractivity contribution in [1.29, 1.82) is 0 Å². The summed E-state index contributed by atoms with van der Waals surface area (Å²) in [6, 6.07) is 9.35. The summed E-state index contributed by atoms with van der Waals surface area (Å²) < 4.78 is 20.5. The van der Waals surface area contributed by atoms with Gasteiger partial charge in [0.25, 0.3) is 7.82 Å². The zero-order valence-corrected chi connectivity index (χ0v) is 13.7. The predicted octanol–water partition coefficient (Wildman–Crippen LogP) is 2.73. The van der Waals surface area contributed by atoms with Gasteiger partial charge >= 0.3 is 0 Å². The second kappa shape index (κ2) is 10.5. The minimum absolute atomic E-state index is 0.0306. The molecule has 22 heavy (non-hydrogen) atoms. The minimum Gasteiger partial charge on any atom is -0.755 e. The van der Waals surface area contributed by atoms with Gasteiger partial charge in [0.1, 0.15) is 0 Å². The maximum absolute atomic E-state index is 11.5. The Bertz CT molecular complexity index is 480. The number of nitrogens with one attached hydrogen (secondary N) is 1. The zero-order valence-electron chi connectivity index (χ0n) is 12.8. The highest BCUT2D eigenvalue weighted by Gasteiger charge is 2.12. The Morgan fingerprint density at radius 1 is 1.23 bits per heavy atom. The summed E-state index contributed by atoms with van der Waals surface area (Å²) in [7, 11) is -4.51. The van der Waals surface area contributed by atoms with Crippen molar-refractivity contribution in [3.05, 3.63) is 35.9 Å². The lowest BCUT2D eigenvalue weighted by Crippen LogP contribution is -2.25. The van der Waals surface area contributed by atoms with Gasteiger partial charge in [0.05, 0.1) is 6.61 Å². The van der Waals surface area contributed by atoms with E-state index in [9.17, 15) is 14.3 Å². The molecular weight excluding hydrogens is 305 g/mol. The molecule has 1 unspecified atom stereocenters. The lowest BCUT2D eigenvalue weighted by Gasteiger charge is -2.22. The van der Waals surface area contributed by atoms with Crippen LogP contribution in [0, 0.1) is 0 Å². The molecule has 0 saturated heterocycles. The van der Waals surface area contributed by atoms with Crippen LogP contribution in [0.3, 0.4) is 0 Å². The van der Waals surface area contributed by atoms with E-state index < -0.39 is 13.7 Å². The second-order valence-electron chi connectivity index (χ2n) is 4.94. The number of unbranched alkanes of at least 4 members (excludes halogenated alkanes) is 3. The van der Waals surface area contributed by atoms with Gasteiger partial charge in [0.2, 0.25) is 5.91 Å². The molecule has 0 bridgehead atoms. The van der Waals surface area contributed by atoms with Crippen molar-refractivity contribution in [1.82, 2.24) is 5.48 Å². The molecule has 0 fully saturated rings. The van der Waals surface area contributed by atoms with E-state index in [1.165, 1.54) is 0 Å². The third-order valence-electron chi connectivity index (χ3n) is 3.01. The Hall–Kier alpha value is -1.20. The van der Waals surface area contributed by atoms with Gasteiger partial charge in [-0.2, -0.15) is 0 Å². The molecule has 0 heterocycles. The fourth-order valence-corrected chi connectivity index (χ4v) is 2.40. The van der Waals surface area contributed by atoms with Crippen LogP contribution in [0.15, 0.2) is 30.3 Å². The number of carbonyl (C=O) groups excluding carboxylic acids is 1. The van der Waals surface area contributed by atoms with Gasteiger partial charge in [0, 0.05) is 6.42 Å². The molecule has 0 saturated carbocycles. The number of rotatable bonds is 11. The molecule has 1 aromatic rings. The second-order valence-corrected chi connectivity index (χ2v) is 6.28. The first kappa shape index (κ1) is 18.8. The maximum atomic E-state index is 11.5. The molecule has 1 rings (SSSR count). The Kier molecular flexibility index (Phi) is 9.01. The molecule has 1 atom stereocenters. The largest absolute Gasteiger partial charge is 0.755 e. The van der Waals surface area contributed by atoms with E-state index in [1.54, 1.807) is 0 Å². The highest BCUT2D eigenvalue weighted by atomic mass is 31.2. The SMILES string of the molecule is CCCCCCC(=O)NOP(=O)([O-])OCCc1ccccc1. The van der Waals surface area contributed by atoms with E-state index in [0.29, 0.717) is 12.8 Å². The van der Waals surface area contributed by atoms with Crippen LogP contribution in [0.5, 0.6) is 0 Å². The van der Waals surface area contributed by atoms with Crippen molar-refractivity contribution >= 4 is 13.7 Å². The first-order valence-corrected chi connectivity index (χ1v) is 8.96. The molecule has 0 aliphatic rings. The first-order chi connectivity index (χ1) is 10.5. The number of hydrogen-bond acceptors (Lipinski definition) is 5. The minimum atomic E-state index is -4.51. The maximum Gasteiger partial charge on any atom is 0.290 e. The van der Waals surface area contributed by atoms with Crippen LogP contribution in [0.2, 0.25) is 0 Å². The molecule has 1 N–H and O–H groups in total. The van der Waals surface area contributed by atoms with Crippen LogP contribution in [0.4, 0.5) is 0 Å². The monoisotopic (exact) mass is 328 g/mol. The number of carbonyl (C=O) groups is 1. The summed E-state index contributed by atoms with van der Waals surface area (Å²) in [6.45, 7) is 2.04. The molecule has 0 aliphatic carbocycles. The number of amides is 1. The predicted molar refractivity (Wildman–Crippen MR) is 81.7 cm³/mol. The van der Waals surface area contributed by atoms with E-state index in [2.05, 4.69) is 16.1 Å². The summed E-state index contributed by atoms with van der Waals surface area (Å²) in [5.41, 5.74) is 2.87. The number of hydroxylamine groups is 1. The molecule has 124 valence electrons. The van der Waals surface area contributed by atoms with Gasteiger partial charge in [-0.3, -0.25) is 9.36 Å². The van der Waals surface area contributed by atoms with E-state index in [-0.39, 0.29) is 13.0 Å². The fraction of sp³-hybridized carbons (Fsp3) is 0.533. The third kappa shape index (κ3) is 8.95. The normalized spacial score (nSPS) is 13.5. The summed E-state index contributed by atoms with van der Waals surface area (Å²) in [6.07, 6.45) is 4.46. The molecule has 1 aromatic carbocycles. The molecule has 0 radical (unpaired) electrons. The molecule has 7 heteroatoms. The lowest BCUT2D eigenvalue weighted by molar-refractivity contribution is -0.231. The van der Waals surface area contributed by atoms with E-state index >= 15 is 0 Å². The topological polar surface area (TPSA) is 87.7 Å². The van der Waals surface area contributed by atoms with Gasteiger partial charge in [-0.25, -0.2) is 10.1 Å². The fourth-order valence-electron chi connectivity index (χ4n) is 1.82. The summed E-state index contributed by atoms with van der Waals surface area (Å²) in [5, 5.41) is 0. The van der Waals surface area contributed by atoms with Crippen molar-refractivity contribution in [3.63, 3.8) is 0 Å². The quantitative estimate of drug-likeness (QED) is 0.383. The van der Waals surface area contributed by atoms with E-state index in [4.69, 9.17) is 0 Å². The Morgan fingerprint density at radius 2 is 1.95 bits per heavy atom. The van der Waals surface area contributed by atoms with Crippen LogP contribution in [-0.2, 0) is 24.9 Å². The number of phosphoric ester groups is 1. The van der Waals surface area contributed by atoms with Crippen molar-refractivity contribution in [2.75, 3.05) is 6.61 Å². The zero-order chi connectivity index (χ0) is 16.3.